The number of carbonyl (C=O) groups excluding carboxylic acids is 1. The van der Waals surface area contributed by atoms with Crippen LogP contribution in [-0.2, 0) is 4.79 Å². The van der Waals surface area contributed by atoms with Crippen LogP contribution in [0.25, 0.3) is 0 Å². The topological polar surface area (TPSA) is 59.2 Å². The highest BCUT2D eigenvalue weighted by Gasteiger charge is 1.94. The second-order valence-corrected chi connectivity index (χ2v) is 1.58. The van der Waals surface area contributed by atoms with Gasteiger partial charge in [-0.2, -0.15) is 0 Å². The van der Waals surface area contributed by atoms with Gasteiger partial charge < -0.3 is 9.72 Å². The highest BCUT2D eigenvalue weighted by molar-refractivity contribution is 5.43. The third-order valence-corrected chi connectivity index (χ3v) is 0.957. The van der Waals surface area contributed by atoms with Crippen molar-refractivity contribution < 1.29 is 9.53 Å². The van der Waals surface area contributed by atoms with Crippen LogP contribution in [0, 0.1) is 0 Å². The summed E-state index contributed by atoms with van der Waals surface area (Å²) < 4.78 is 4.31. The Hall–Kier alpha value is -1.58. The van der Waals surface area contributed by atoms with Crippen molar-refractivity contribution in [1.82, 2.24) is 4.98 Å². The van der Waals surface area contributed by atoms with Gasteiger partial charge in [-0.25, -0.2) is 0 Å². The molecule has 0 fully saturated rings. The predicted molar refractivity (Wildman–Crippen MR) is 33.8 cm³/mol. The molecule has 0 aliphatic heterocycles. The lowest BCUT2D eigenvalue weighted by atomic mass is 10.5. The molecule has 1 aromatic heterocycles. The average Bonchev–Trinajstić information content (AvgIpc) is 1.94. The number of rotatable bonds is 2. The van der Waals surface area contributed by atoms with Crippen molar-refractivity contribution in [3.63, 3.8) is 0 Å². The number of carbonyl (C=O) groups is 1. The van der Waals surface area contributed by atoms with Gasteiger partial charge in [0.2, 0.25) is 0 Å². The first-order valence-corrected chi connectivity index (χ1v) is 2.62. The summed E-state index contributed by atoms with van der Waals surface area (Å²) in [6.07, 6.45) is 1.46. The number of aromatic nitrogens is 1. The van der Waals surface area contributed by atoms with Gasteiger partial charge in [-0.15, -0.1) is 0 Å². The Morgan fingerprint density at radius 3 is 3.00 bits per heavy atom. The fourth-order valence-electron chi connectivity index (χ4n) is 0.551. The van der Waals surface area contributed by atoms with Gasteiger partial charge in [0.05, 0.1) is 0 Å². The van der Waals surface area contributed by atoms with E-state index in [9.17, 15) is 9.59 Å². The molecule has 0 atom stereocenters. The first-order valence-electron chi connectivity index (χ1n) is 2.62. The maximum Gasteiger partial charge on any atom is 0.298 e. The summed E-state index contributed by atoms with van der Waals surface area (Å²) in [6, 6.07) is 2.98. The van der Waals surface area contributed by atoms with E-state index < -0.39 is 5.56 Å². The summed E-state index contributed by atoms with van der Waals surface area (Å²) in [5.74, 6) is 0.0116. The van der Waals surface area contributed by atoms with Crippen molar-refractivity contribution in [1.29, 1.82) is 0 Å². The zero-order valence-electron chi connectivity index (χ0n) is 5.03. The maximum atomic E-state index is 10.7. The van der Waals surface area contributed by atoms with Crippen molar-refractivity contribution in [3.8, 4) is 5.75 Å². The van der Waals surface area contributed by atoms with Gasteiger partial charge >= 0.3 is 0 Å². The lowest BCUT2D eigenvalue weighted by Gasteiger charge is -1.91. The van der Waals surface area contributed by atoms with Gasteiger partial charge in [-0.05, 0) is 12.1 Å². The molecule has 0 saturated heterocycles. The SMILES string of the molecule is O=COc1ccc[nH]c1=O. The maximum absolute atomic E-state index is 10.7. The van der Waals surface area contributed by atoms with Crippen LogP contribution in [0.5, 0.6) is 5.75 Å². The summed E-state index contributed by atoms with van der Waals surface area (Å²) >= 11 is 0. The number of H-pyrrole nitrogens is 1. The van der Waals surface area contributed by atoms with Crippen LogP contribution >= 0.6 is 0 Å². The molecule has 0 saturated carbocycles. The first-order chi connectivity index (χ1) is 4.84. The molecule has 0 amide bonds. The molecule has 1 aromatic rings. The minimum Gasteiger partial charge on any atom is -0.423 e. The van der Waals surface area contributed by atoms with E-state index in [1.807, 2.05) is 0 Å². The van der Waals surface area contributed by atoms with Crippen molar-refractivity contribution in [2.24, 2.45) is 0 Å². The monoisotopic (exact) mass is 139 g/mol. The zero-order valence-corrected chi connectivity index (χ0v) is 5.03. The Labute approximate surface area is 56.5 Å². The lowest BCUT2D eigenvalue weighted by Crippen LogP contribution is -2.08. The predicted octanol–water partition coefficient (Wildman–Crippen LogP) is -0.0899. The Balaban J connectivity index is 3.03. The molecule has 4 nitrogen and oxygen atoms in total. The summed E-state index contributed by atoms with van der Waals surface area (Å²) in [6.45, 7) is 0.213. The third kappa shape index (κ3) is 1.22. The van der Waals surface area contributed by atoms with E-state index in [1.54, 1.807) is 6.07 Å². The van der Waals surface area contributed by atoms with Crippen molar-refractivity contribution in [2.45, 2.75) is 0 Å². The molecule has 0 bridgehead atoms. The molecule has 52 valence electrons. The normalized spacial score (nSPS) is 8.80. The van der Waals surface area contributed by atoms with Gasteiger partial charge in [-0.3, -0.25) is 9.59 Å². The van der Waals surface area contributed by atoms with Gasteiger partial charge in [0, 0.05) is 6.20 Å². The largest absolute Gasteiger partial charge is 0.423 e. The quantitative estimate of drug-likeness (QED) is 0.582. The van der Waals surface area contributed by atoms with Crippen molar-refractivity contribution in [3.05, 3.63) is 28.7 Å². The summed E-state index contributed by atoms with van der Waals surface area (Å²) in [5, 5.41) is 0. The summed E-state index contributed by atoms with van der Waals surface area (Å²) in [7, 11) is 0. The molecule has 1 heterocycles. The Morgan fingerprint density at radius 2 is 2.40 bits per heavy atom. The number of nitrogens with one attached hydrogen (secondary N) is 1. The summed E-state index contributed by atoms with van der Waals surface area (Å²) in [4.78, 5) is 22.8. The highest BCUT2D eigenvalue weighted by Crippen LogP contribution is 1.96. The summed E-state index contributed by atoms with van der Waals surface area (Å²) in [5.41, 5.74) is -0.408. The molecule has 0 radical (unpaired) electrons. The molecular weight excluding hydrogens is 134 g/mol. The molecule has 1 N–H and O–H groups in total. The van der Waals surface area contributed by atoms with E-state index in [1.165, 1.54) is 12.3 Å². The van der Waals surface area contributed by atoms with Crippen LogP contribution in [0.1, 0.15) is 0 Å². The Kier molecular flexibility index (Phi) is 1.84. The molecule has 10 heavy (non-hydrogen) atoms. The molecule has 0 aromatic carbocycles. The number of ether oxygens (including phenoxy) is 1. The second kappa shape index (κ2) is 2.82. The van der Waals surface area contributed by atoms with Crippen LogP contribution in [0.4, 0.5) is 0 Å². The van der Waals surface area contributed by atoms with Crippen molar-refractivity contribution in [2.75, 3.05) is 0 Å². The Bertz CT molecular complexity index is 278. The fourth-order valence-corrected chi connectivity index (χ4v) is 0.551. The van der Waals surface area contributed by atoms with E-state index in [4.69, 9.17) is 0 Å². The van der Waals surface area contributed by atoms with E-state index in [2.05, 4.69) is 9.72 Å². The van der Waals surface area contributed by atoms with E-state index >= 15 is 0 Å². The third-order valence-electron chi connectivity index (χ3n) is 0.957. The smallest absolute Gasteiger partial charge is 0.298 e. The van der Waals surface area contributed by atoms with E-state index in [-0.39, 0.29) is 12.2 Å². The van der Waals surface area contributed by atoms with Crippen LogP contribution in [0.3, 0.4) is 0 Å². The number of hydrogen-bond donors (Lipinski definition) is 1. The molecule has 4 heteroatoms. The second-order valence-electron chi connectivity index (χ2n) is 1.58. The molecule has 0 unspecified atom stereocenters. The molecular formula is C6H5NO3. The van der Waals surface area contributed by atoms with Gasteiger partial charge in [0.15, 0.2) is 5.75 Å². The van der Waals surface area contributed by atoms with Gasteiger partial charge in [0.25, 0.3) is 12.0 Å². The Morgan fingerprint density at radius 1 is 1.60 bits per heavy atom. The molecule has 0 spiro atoms. The van der Waals surface area contributed by atoms with Crippen LogP contribution < -0.4 is 10.3 Å². The minimum absolute atomic E-state index is 0.0116. The lowest BCUT2D eigenvalue weighted by molar-refractivity contribution is -0.120. The van der Waals surface area contributed by atoms with E-state index in [0.29, 0.717) is 0 Å². The average molecular weight is 139 g/mol. The van der Waals surface area contributed by atoms with Crippen molar-refractivity contribution >= 4 is 6.47 Å². The number of aromatic amines is 1. The number of pyridine rings is 1. The van der Waals surface area contributed by atoms with Gasteiger partial charge in [-0.1, -0.05) is 0 Å². The first kappa shape index (κ1) is 6.54. The standard InChI is InChI=1S/C6H5NO3/c8-4-10-5-2-1-3-7-6(5)9/h1-4H,(H,7,9). The van der Waals surface area contributed by atoms with E-state index in [0.717, 1.165) is 0 Å². The van der Waals surface area contributed by atoms with Crippen LogP contribution in [-0.4, -0.2) is 11.5 Å². The fraction of sp³-hybridized carbons (Fsp3) is 0. The molecule has 1 rings (SSSR count). The zero-order chi connectivity index (χ0) is 7.40. The van der Waals surface area contributed by atoms with Crippen LogP contribution in [0.15, 0.2) is 23.1 Å². The molecule has 0 aliphatic rings. The molecule has 0 aliphatic carbocycles. The number of hydrogen-bond acceptors (Lipinski definition) is 3. The highest BCUT2D eigenvalue weighted by atomic mass is 16.5. The van der Waals surface area contributed by atoms with Crippen LogP contribution in [0.2, 0.25) is 0 Å². The van der Waals surface area contributed by atoms with Gasteiger partial charge in [0.1, 0.15) is 0 Å². The minimum atomic E-state index is -0.408.